The van der Waals surface area contributed by atoms with Gasteiger partial charge in [0.1, 0.15) is 9.23 Å². The SMILES string of the molecule is O=C(O)c1cccc(S(=O)(=O)NCC2CC2(Cl)Cl)c1F. The Hall–Kier alpha value is -0.890. The van der Waals surface area contributed by atoms with E-state index in [1.54, 1.807) is 0 Å². The third-order valence-electron chi connectivity index (χ3n) is 2.96. The first-order valence-corrected chi connectivity index (χ1v) is 7.78. The summed E-state index contributed by atoms with van der Waals surface area (Å²) >= 11 is 11.5. The first-order chi connectivity index (χ1) is 9.15. The quantitative estimate of drug-likeness (QED) is 0.802. The fourth-order valence-electron chi connectivity index (χ4n) is 1.66. The zero-order chi connectivity index (χ0) is 15.1. The summed E-state index contributed by atoms with van der Waals surface area (Å²) in [6, 6.07) is 3.14. The zero-order valence-electron chi connectivity index (χ0n) is 9.94. The number of hydrogen-bond acceptors (Lipinski definition) is 3. The maximum Gasteiger partial charge on any atom is 0.338 e. The number of carbonyl (C=O) groups is 1. The van der Waals surface area contributed by atoms with Crippen LogP contribution in [0.3, 0.4) is 0 Å². The normalized spacial score (nSPS) is 20.6. The van der Waals surface area contributed by atoms with Crippen molar-refractivity contribution in [2.75, 3.05) is 6.54 Å². The van der Waals surface area contributed by atoms with Crippen LogP contribution in [0.4, 0.5) is 4.39 Å². The van der Waals surface area contributed by atoms with Gasteiger partial charge in [-0.3, -0.25) is 0 Å². The first kappa shape index (κ1) is 15.5. The highest BCUT2D eigenvalue weighted by Crippen LogP contribution is 2.52. The first-order valence-electron chi connectivity index (χ1n) is 5.54. The molecule has 0 bridgehead atoms. The summed E-state index contributed by atoms with van der Waals surface area (Å²) in [4.78, 5) is 10.1. The van der Waals surface area contributed by atoms with Gasteiger partial charge in [0.15, 0.2) is 5.82 Å². The van der Waals surface area contributed by atoms with Crippen molar-refractivity contribution in [3.05, 3.63) is 29.6 Å². The van der Waals surface area contributed by atoms with Gasteiger partial charge < -0.3 is 5.11 Å². The van der Waals surface area contributed by atoms with Gasteiger partial charge in [-0.2, -0.15) is 0 Å². The summed E-state index contributed by atoms with van der Waals surface area (Å²) in [5.41, 5.74) is -0.705. The summed E-state index contributed by atoms with van der Waals surface area (Å²) in [7, 11) is -4.16. The predicted molar refractivity (Wildman–Crippen MR) is 71.1 cm³/mol. The molecule has 1 unspecified atom stereocenters. The van der Waals surface area contributed by atoms with E-state index in [9.17, 15) is 17.6 Å². The van der Waals surface area contributed by atoms with Gasteiger partial charge in [0.05, 0.1) is 5.56 Å². The molecule has 0 spiro atoms. The average Bonchev–Trinajstić information content (AvgIpc) is 2.94. The molecule has 1 atom stereocenters. The van der Waals surface area contributed by atoms with Crippen LogP contribution >= 0.6 is 23.2 Å². The fourth-order valence-corrected chi connectivity index (χ4v) is 3.37. The van der Waals surface area contributed by atoms with E-state index in [1.807, 2.05) is 0 Å². The molecule has 1 saturated carbocycles. The Morgan fingerprint density at radius 2 is 2.10 bits per heavy atom. The van der Waals surface area contributed by atoms with E-state index in [-0.39, 0.29) is 12.5 Å². The molecule has 110 valence electrons. The number of alkyl halides is 2. The van der Waals surface area contributed by atoms with Crippen LogP contribution in [0.25, 0.3) is 0 Å². The molecule has 0 aromatic heterocycles. The van der Waals surface area contributed by atoms with E-state index in [4.69, 9.17) is 28.3 Å². The van der Waals surface area contributed by atoms with Crippen molar-refractivity contribution in [3.8, 4) is 0 Å². The molecule has 0 radical (unpaired) electrons. The number of nitrogens with one attached hydrogen (secondary N) is 1. The van der Waals surface area contributed by atoms with Gasteiger partial charge in [-0.15, -0.1) is 23.2 Å². The van der Waals surface area contributed by atoms with Gasteiger partial charge in [0.25, 0.3) is 0 Å². The molecule has 0 heterocycles. The molecule has 1 aliphatic carbocycles. The molecule has 0 amide bonds. The van der Waals surface area contributed by atoms with Crippen LogP contribution in [0, 0.1) is 11.7 Å². The van der Waals surface area contributed by atoms with Crippen molar-refractivity contribution in [1.82, 2.24) is 4.72 Å². The van der Waals surface area contributed by atoms with Crippen LogP contribution in [0.5, 0.6) is 0 Å². The van der Waals surface area contributed by atoms with E-state index in [0.717, 1.165) is 18.2 Å². The molecule has 1 aromatic carbocycles. The van der Waals surface area contributed by atoms with Gasteiger partial charge in [-0.1, -0.05) is 6.07 Å². The lowest BCUT2D eigenvalue weighted by molar-refractivity contribution is 0.0691. The zero-order valence-corrected chi connectivity index (χ0v) is 12.3. The number of carboxylic acids is 1. The highest BCUT2D eigenvalue weighted by atomic mass is 35.5. The monoisotopic (exact) mass is 341 g/mol. The number of sulfonamides is 1. The van der Waals surface area contributed by atoms with E-state index < -0.39 is 36.6 Å². The van der Waals surface area contributed by atoms with Crippen LogP contribution in [0.2, 0.25) is 0 Å². The van der Waals surface area contributed by atoms with Crippen molar-refractivity contribution < 1.29 is 22.7 Å². The Bertz CT molecular complexity index is 662. The number of benzene rings is 1. The van der Waals surface area contributed by atoms with Crippen LogP contribution < -0.4 is 4.72 Å². The maximum absolute atomic E-state index is 13.9. The van der Waals surface area contributed by atoms with Crippen LogP contribution in [-0.4, -0.2) is 30.4 Å². The minimum absolute atomic E-state index is 0.0356. The minimum Gasteiger partial charge on any atom is -0.478 e. The van der Waals surface area contributed by atoms with Crippen molar-refractivity contribution in [3.63, 3.8) is 0 Å². The molecule has 20 heavy (non-hydrogen) atoms. The van der Waals surface area contributed by atoms with Gasteiger partial charge in [0.2, 0.25) is 10.0 Å². The third-order valence-corrected chi connectivity index (χ3v) is 5.33. The van der Waals surface area contributed by atoms with Crippen LogP contribution in [0.15, 0.2) is 23.1 Å². The summed E-state index contributed by atoms with van der Waals surface area (Å²) in [6.45, 7) is -0.0356. The Morgan fingerprint density at radius 3 is 2.60 bits per heavy atom. The lowest BCUT2D eigenvalue weighted by atomic mass is 10.2. The number of aromatic carboxylic acids is 1. The van der Waals surface area contributed by atoms with Crippen molar-refractivity contribution in [2.45, 2.75) is 15.6 Å². The smallest absolute Gasteiger partial charge is 0.338 e. The standard InChI is InChI=1S/C11H10Cl2FNO4S/c12-11(13)4-6(11)5-15-20(18,19)8-3-1-2-7(9(8)14)10(16)17/h1-3,6,15H,4-5H2,(H,16,17). The van der Waals surface area contributed by atoms with Gasteiger partial charge in [-0.25, -0.2) is 22.3 Å². The molecule has 1 aromatic rings. The van der Waals surface area contributed by atoms with E-state index in [1.165, 1.54) is 0 Å². The van der Waals surface area contributed by atoms with E-state index >= 15 is 0 Å². The van der Waals surface area contributed by atoms with Crippen LogP contribution in [0.1, 0.15) is 16.8 Å². The van der Waals surface area contributed by atoms with Gasteiger partial charge in [0, 0.05) is 12.5 Å². The summed E-state index contributed by atoms with van der Waals surface area (Å²) < 4.78 is 39.0. The second-order valence-electron chi connectivity index (χ2n) is 4.44. The Kier molecular flexibility index (Phi) is 3.98. The van der Waals surface area contributed by atoms with E-state index in [2.05, 4.69) is 4.72 Å². The second-order valence-corrected chi connectivity index (χ2v) is 7.71. The highest BCUT2D eigenvalue weighted by molar-refractivity contribution is 7.89. The topological polar surface area (TPSA) is 83.5 Å². The molecule has 1 aliphatic rings. The maximum atomic E-state index is 13.9. The summed E-state index contributed by atoms with van der Waals surface area (Å²) in [6.07, 6.45) is 0.441. The average molecular weight is 342 g/mol. The number of rotatable bonds is 5. The molecule has 1 fully saturated rings. The fraction of sp³-hybridized carbons (Fsp3) is 0.364. The Morgan fingerprint density at radius 1 is 1.50 bits per heavy atom. The number of halogens is 3. The highest BCUT2D eigenvalue weighted by Gasteiger charge is 2.51. The third kappa shape index (κ3) is 3.06. The molecule has 5 nitrogen and oxygen atoms in total. The van der Waals surface area contributed by atoms with E-state index in [0.29, 0.717) is 6.42 Å². The van der Waals surface area contributed by atoms with Crippen molar-refractivity contribution in [1.29, 1.82) is 0 Å². The summed E-state index contributed by atoms with van der Waals surface area (Å²) in [5, 5.41) is 8.76. The molecule has 0 saturated heterocycles. The van der Waals surface area contributed by atoms with Gasteiger partial charge >= 0.3 is 5.97 Å². The van der Waals surface area contributed by atoms with Crippen LogP contribution in [-0.2, 0) is 10.0 Å². The molecular formula is C11H10Cl2FNO4S. The second kappa shape index (κ2) is 5.14. The number of hydrogen-bond donors (Lipinski definition) is 2. The molecule has 0 aliphatic heterocycles. The summed E-state index contributed by atoms with van der Waals surface area (Å²) in [5.74, 6) is -3.08. The minimum atomic E-state index is -4.16. The van der Waals surface area contributed by atoms with Gasteiger partial charge in [-0.05, 0) is 18.6 Å². The largest absolute Gasteiger partial charge is 0.478 e. The number of carboxylic acid groups (broad SMARTS) is 1. The molecular weight excluding hydrogens is 332 g/mol. The Balaban J connectivity index is 2.22. The molecule has 2 rings (SSSR count). The predicted octanol–water partition coefficient (Wildman–Crippen LogP) is 2.00. The lowest BCUT2D eigenvalue weighted by Crippen LogP contribution is -2.28. The van der Waals surface area contributed by atoms with Crippen molar-refractivity contribution >= 4 is 39.2 Å². The molecule has 2 N–H and O–H groups in total. The van der Waals surface area contributed by atoms with Crippen molar-refractivity contribution in [2.24, 2.45) is 5.92 Å². The lowest BCUT2D eigenvalue weighted by Gasteiger charge is -2.09. The molecule has 9 heteroatoms. The Labute approximate surface area is 124 Å².